The van der Waals surface area contributed by atoms with E-state index in [4.69, 9.17) is 4.42 Å². The number of rotatable bonds is 5. The van der Waals surface area contributed by atoms with Gasteiger partial charge in [0.05, 0.1) is 6.07 Å². The van der Waals surface area contributed by atoms with E-state index in [2.05, 4.69) is 10.3 Å². The summed E-state index contributed by atoms with van der Waals surface area (Å²) in [6.07, 6.45) is 0.707. The van der Waals surface area contributed by atoms with Crippen molar-refractivity contribution in [2.75, 3.05) is 0 Å². The highest BCUT2D eigenvalue weighted by Gasteiger charge is 2.17. The van der Waals surface area contributed by atoms with E-state index in [9.17, 15) is 19.7 Å². The van der Waals surface area contributed by atoms with Gasteiger partial charge in [-0.2, -0.15) is 0 Å². The molecule has 0 bridgehead atoms. The van der Waals surface area contributed by atoms with Gasteiger partial charge in [-0.1, -0.05) is 6.92 Å². The summed E-state index contributed by atoms with van der Waals surface area (Å²) in [7, 11) is 0. The van der Waals surface area contributed by atoms with Gasteiger partial charge in [0, 0.05) is 17.8 Å². The molecule has 0 aliphatic rings. The third kappa shape index (κ3) is 3.22. The Morgan fingerprint density at radius 2 is 2.18 bits per heavy atom. The SMILES string of the molecule is CCc1cc(C)c(CNC(=O)c2ccc([N+](=O)[O-])o2)c(=O)[nH]1. The number of carbonyl (C=O) groups is 1. The van der Waals surface area contributed by atoms with E-state index in [1.54, 1.807) is 6.92 Å². The van der Waals surface area contributed by atoms with Crippen molar-refractivity contribution in [2.24, 2.45) is 0 Å². The molecular formula is C14H15N3O5. The number of pyridine rings is 1. The number of carbonyl (C=O) groups excluding carboxylic acids is 1. The van der Waals surface area contributed by atoms with Crippen LogP contribution in [0.4, 0.5) is 5.88 Å². The summed E-state index contributed by atoms with van der Waals surface area (Å²) in [5.74, 6) is -1.30. The van der Waals surface area contributed by atoms with Crippen molar-refractivity contribution >= 4 is 11.8 Å². The van der Waals surface area contributed by atoms with Gasteiger partial charge < -0.3 is 14.7 Å². The van der Waals surface area contributed by atoms with Crippen molar-refractivity contribution in [3.8, 4) is 0 Å². The highest BCUT2D eigenvalue weighted by atomic mass is 16.6. The summed E-state index contributed by atoms with van der Waals surface area (Å²) in [5.41, 5.74) is 1.76. The zero-order chi connectivity index (χ0) is 16.3. The van der Waals surface area contributed by atoms with Crippen molar-refractivity contribution in [3.63, 3.8) is 0 Å². The topological polar surface area (TPSA) is 118 Å². The minimum atomic E-state index is -0.727. The molecule has 116 valence electrons. The van der Waals surface area contributed by atoms with Gasteiger partial charge in [-0.3, -0.25) is 19.7 Å². The molecule has 0 atom stereocenters. The number of hydrogen-bond donors (Lipinski definition) is 2. The number of aryl methyl sites for hydroxylation is 2. The van der Waals surface area contributed by atoms with Gasteiger partial charge in [0.1, 0.15) is 4.92 Å². The number of aromatic amines is 1. The van der Waals surface area contributed by atoms with Gasteiger partial charge >= 0.3 is 5.88 Å². The molecule has 2 aromatic rings. The second-order valence-electron chi connectivity index (χ2n) is 4.72. The molecule has 2 N–H and O–H groups in total. The molecule has 0 aliphatic heterocycles. The Morgan fingerprint density at radius 1 is 1.45 bits per heavy atom. The Balaban J connectivity index is 2.11. The molecule has 2 rings (SSSR count). The predicted octanol–water partition coefficient (Wildman–Crippen LogP) is 1.68. The number of nitro groups is 1. The van der Waals surface area contributed by atoms with Crippen molar-refractivity contribution in [1.29, 1.82) is 0 Å². The van der Waals surface area contributed by atoms with Crippen molar-refractivity contribution in [2.45, 2.75) is 26.8 Å². The van der Waals surface area contributed by atoms with E-state index in [1.165, 1.54) is 6.07 Å². The molecular weight excluding hydrogens is 290 g/mol. The van der Waals surface area contributed by atoms with Crippen LogP contribution < -0.4 is 10.9 Å². The van der Waals surface area contributed by atoms with E-state index in [-0.39, 0.29) is 17.9 Å². The molecule has 0 aromatic carbocycles. The molecule has 1 amide bonds. The Hall–Kier alpha value is -2.90. The minimum absolute atomic E-state index is 0.0124. The third-order valence-corrected chi connectivity index (χ3v) is 3.22. The summed E-state index contributed by atoms with van der Waals surface area (Å²) >= 11 is 0. The van der Waals surface area contributed by atoms with Gasteiger partial charge in [0.25, 0.3) is 11.5 Å². The van der Waals surface area contributed by atoms with E-state index < -0.39 is 16.7 Å². The highest BCUT2D eigenvalue weighted by molar-refractivity contribution is 5.91. The molecule has 2 heterocycles. The summed E-state index contributed by atoms with van der Waals surface area (Å²) < 4.78 is 4.80. The van der Waals surface area contributed by atoms with Crippen LogP contribution >= 0.6 is 0 Å². The standard InChI is InChI=1S/C14H15N3O5/c1-3-9-6-8(2)10(13(18)16-9)7-15-14(19)11-4-5-12(22-11)17(20)21/h4-6H,3,7H2,1-2H3,(H,15,19)(H,16,18). The van der Waals surface area contributed by atoms with E-state index in [1.807, 2.05) is 13.0 Å². The third-order valence-electron chi connectivity index (χ3n) is 3.22. The first-order chi connectivity index (χ1) is 10.4. The van der Waals surface area contributed by atoms with Gasteiger partial charge in [0.2, 0.25) is 0 Å². The number of hydrogen-bond acceptors (Lipinski definition) is 5. The normalized spacial score (nSPS) is 10.5. The van der Waals surface area contributed by atoms with Crippen LogP contribution in [0, 0.1) is 17.0 Å². The molecule has 0 saturated carbocycles. The molecule has 2 aromatic heterocycles. The molecule has 0 saturated heterocycles. The molecule has 8 nitrogen and oxygen atoms in total. The average molecular weight is 305 g/mol. The lowest BCUT2D eigenvalue weighted by atomic mass is 10.1. The number of nitrogens with one attached hydrogen (secondary N) is 2. The largest absolute Gasteiger partial charge is 0.433 e. The van der Waals surface area contributed by atoms with E-state index in [0.29, 0.717) is 12.0 Å². The first-order valence-corrected chi connectivity index (χ1v) is 6.66. The van der Waals surface area contributed by atoms with Crippen LogP contribution in [0.2, 0.25) is 0 Å². The maximum Gasteiger partial charge on any atom is 0.433 e. The summed E-state index contributed by atoms with van der Waals surface area (Å²) in [4.78, 5) is 36.3. The Kier molecular flexibility index (Phi) is 4.40. The molecule has 22 heavy (non-hydrogen) atoms. The lowest BCUT2D eigenvalue weighted by molar-refractivity contribution is -0.402. The van der Waals surface area contributed by atoms with Crippen LogP contribution in [0.25, 0.3) is 0 Å². The average Bonchev–Trinajstić information content (AvgIpc) is 2.96. The van der Waals surface area contributed by atoms with E-state index in [0.717, 1.165) is 17.3 Å². The highest BCUT2D eigenvalue weighted by Crippen LogP contribution is 2.15. The molecule has 0 fully saturated rings. The van der Waals surface area contributed by atoms with E-state index >= 15 is 0 Å². The lowest BCUT2D eigenvalue weighted by Crippen LogP contribution is -2.27. The summed E-state index contributed by atoms with van der Waals surface area (Å²) in [6.45, 7) is 3.72. The molecule has 0 radical (unpaired) electrons. The number of furan rings is 1. The number of aromatic nitrogens is 1. The maximum absolute atomic E-state index is 11.9. The van der Waals surface area contributed by atoms with Gasteiger partial charge in [0.15, 0.2) is 5.76 Å². The molecule has 8 heteroatoms. The quantitative estimate of drug-likeness (QED) is 0.643. The van der Waals surface area contributed by atoms with Crippen molar-refractivity contribution in [3.05, 3.63) is 61.2 Å². The second kappa shape index (κ2) is 6.25. The molecule has 0 spiro atoms. The number of nitrogens with zero attached hydrogens (tertiary/aromatic N) is 1. The van der Waals surface area contributed by atoms with Crippen LogP contribution in [-0.4, -0.2) is 15.8 Å². The Labute approximate surface area is 125 Å². The Bertz CT molecular complexity index is 775. The summed E-state index contributed by atoms with van der Waals surface area (Å²) in [6, 6.07) is 4.16. The van der Waals surface area contributed by atoms with Gasteiger partial charge in [-0.05, 0) is 31.0 Å². The fraction of sp³-hybridized carbons (Fsp3) is 0.286. The van der Waals surface area contributed by atoms with Crippen molar-refractivity contribution < 1.29 is 14.1 Å². The minimum Gasteiger partial charge on any atom is -0.395 e. The number of H-pyrrole nitrogens is 1. The maximum atomic E-state index is 11.9. The van der Waals surface area contributed by atoms with Crippen LogP contribution in [0.3, 0.4) is 0 Å². The van der Waals surface area contributed by atoms with Crippen LogP contribution in [0.15, 0.2) is 27.4 Å². The second-order valence-corrected chi connectivity index (χ2v) is 4.72. The zero-order valence-corrected chi connectivity index (χ0v) is 12.1. The van der Waals surface area contributed by atoms with Gasteiger partial charge in [-0.15, -0.1) is 0 Å². The predicted molar refractivity (Wildman–Crippen MR) is 77.7 cm³/mol. The molecule has 0 aliphatic carbocycles. The van der Waals surface area contributed by atoms with Crippen molar-refractivity contribution in [1.82, 2.24) is 10.3 Å². The monoisotopic (exact) mass is 305 g/mol. The number of amides is 1. The summed E-state index contributed by atoms with van der Waals surface area (Å²) in [5, 5.41) is 13.0. The van der Waals surface area contributed by atoms with Crippen LogP contribution in [0.5, 0.6) is 0 Å². The first-order valence-electron chi connectivity index (χ1n) is 6.66. The fourth-order valence-electron chi connectivity index (χ4n) is 2.00. The van der Waals surface area contributed by atoms with Crippen LogP contribution in [0.1, 0.15) is 34.3 Å². The molecule has 0 unspecified atom stereocenters. The zero-order valence-electron chi connectivity index (χ0n) is 12.1. The fourth-order valence-corrected chi connectivity index (χ4v) is 2.00. The first kappa shape index (κ1) is 15.5. The van der Waals surface area contributed by atoms with Gasteiger partial charge in [-0.25, -0.2) is 0 Å². The lowest BCUT2D eigenvalue weighted by Gasteiger charge is -2.07. The Morgan fingerprint density at radius 3 is 2.73 bits per heavy atom. The smallest absolute Gasteiger partial charge is 0.395 e. The van der Waals surface area contributed by atoms with Crippen LogP contribution in [-0.2, 0) is 13.0 Å².